The summed E-state index contributed by atoms with van der Waals surface area (Å²) in [6.45, 7) is 5.74. The van der Waals surface area contributed by atoms with Crippen molar-refractivity contribution < 1.29 is 8.42 Å². The molecule has 1 N–H and O–H groups in total. The molecule has 0 atom stereocenters. The number of benzene rings is 1. The van der Waals surface area contributed by atoms with Crippen LogP contribution < -0.4 is 5.32 Å². The van der Waals surface area contributed by atoms with Crippen molar-refractivity contribution in [2.45, 2.75) is 18.7 Å². The molecule has 1 aromatic rings. The van der Waals surface area contributed by atoms with Crippen molar-refractivity contribution in [2.75, 3.05) is 25.0 Å². The molecule has 1 aliphatic heterocycles. The summed E-state index contributed by atoms with van der Waals surface area (Å²) in [5, 5.41) is 3.17. The molecule has 2 rings (SSSR count). The topological polar surface area (TPSA) is 49.4 Å². The van der Waals surface area contributed by atoms with Crippen molar-refractivity contribution in [3.05, 3.63) is 22.7 Å². The van der Waals surface area contributed by atoms with Crippen LogP contribution in [0.4, 0.5) is 5.69 Å². The van der Waals surface area contributed by atoms with Crippen molar-refractivity contribution in [2.24, 2.45) is 5.92 Å². The number of nitrogens with zero attached hydrogens (tertiary/aromatic N) is 1. The van der Waals surface area contributed by atoms with Crippen molar-refractivity contribution in [1.82, 2.24) is 4.31 Å². The highest BCUT2D eigenvalue weighted by Crippen LogP contribution is 2.30. The number of anilines is 1. The lowest BCUT2D eigenvalue weighted by Crippen LogP contribution is -2.35. The third-order valence-electron chi connectivity index (χ3n) is 2.81. The summed E-state index contributed by atoms with van der Waals surface area (Å²) in [5.74, 6) is 0.313. The van der Waals surface area contributed by atoms with Gasteiger partial charge in [-0.15, -0.1) is 0 Å². The van der Waals surface area contributed by atoms with E-state index >= 15 is 0 Å². The summed E-state index contributed by atoms with van der Waals surface area (Å²) in [4.78, 5) is 0.357. The van der Waals surface area contributed by atoms with Crippen molar-refractivity contribution in [1.29, 1.82) is 0 Å². The molecule has 6 heteroatoms. The summed E-state index contributed by atoms with van der Waals surface area (Å²) in [6.07, 6.45) is 0. The molecule has 0 radical (unpaired) electrons. The molecule has 0 saturated heterocycles. The Morgan fingerprint density at radius 2 is 2.17 bits per heavy atom. The van der Waals surface area contributed by atoms with Gasteiger partial charge in [0, 0.05) is 24.1 Å². The van der Waals surface area contributed by atoms with E-state index in [0.29, 0.717) is 36.1 Å². The predicted octanol–water partition coefficient (Wildman–Crippen LogP) is 2.52. The molecule has 1 aliphatic rings. The standard InChI is InChI=1S/C12H17BrN2O2S/c1-9(2)8-15-6-5-14-11-4-3-10(13)7-12(11)18(15,16)17/h3-4,7,9,14H,5-6,8H2,1-2H3. The quantitative estimate of drug-likeness (QED) is 0.905. The van der Waals surface area contributed by atoms with Crippen LogP contribution in [0.2, 0.25) is 0 Å². The lowest BCUT2D eigenvalue weighted by molar-refractivity contribution is 0.379. The van der Waals surface area contributed by atoms with Crippen LogP contribution in [-0.2, 0) is 10.0 Å². The van der Waals surface area contributed by atoms with Crippen molar-refractivity contribution in [3.63, 3.8) is 0 Å². The second-order valence-corrected chi connectivity index (χ2v) is 7.65. The first-order chi connectivity index (χ1) is 8.41. The summed E-state index contributed by atoms with van der Waals surface area (Å²) in [7, 11) is -3.40. The van der Waals surface area contributed by atoms with Crippen LogP contribution in [0.3, 0.4) is 0 Å². The molecule has 0 bridgehead atoms. The Labute approximate surface area is 117 Å². The number of hydrogen-bond acceptors (Lipinski definition) is 3. The first kappa shape index (κ1) is 13.8. The molecule has 1 heterocycles. The first-order valence-corrected chi connectivity index (χ1v) is 8.18. The Kier molecular flexibility index (Phi) is 3.99. The van der Waals surface area contributed by atoms with E-state index in [1.165, 1.54) is 0 Å². The summed E-state index contributed by atoms with van der Waals surface area (Å²) in [6, 6.07) is 5.31. The normalized spacial score (nSPS) is 19.1. The molecule has 0 aromatic heterocycles. The maximum Gasteiger partial charge on any atom is 0.245 e. The molecule has 0 unspecified atom stereocenters. The maximum absolute atomic E-state index is 12.6. The average molecular weight is 333 g/mol. The van der Waals surface area contributed by atoms with E-state index in [1.807, 2.05) is 19.9 Å². The molecule has 0 fully saturated rings. The van der Waals surface area contributed by atoms with Gasteiger partial charge in [-0.05, 0) is 24.1 Å². The molecule has 0 aliphatic carbocycles. The van der Waals surface area contributed by atoms with Gasteiger partial charge in [0.15, 0.2) is 0 Å². The zero-order chi connectivity index (χ0) is 13.3. The highest BCUT2D eigenvalue weighted by atomic mass is 79.9. The van der Waals surface area contributed by atoms with Crippen LogP contribution in [0, 0.1) is 5.92 Å². The molecule has 4 nitrogen and oxygen atoms in total. The molecule has 18 heavy (non-hydrogen) atoms. The predicted molar refractivity (Wildman–Crippen MR) is 76.2 cm³/mol. The van der Waals surface area contributed by atoms with Gasteiger partial charge in [0.2, 0.25) is 10.0 Å². The Morgan fingerprint density at radius 3 is 2.83 bits per heavy atom. The van der Waals surface area contributed by atoms with E-state index in [9.17, 15) is 8.42 Å². The third-order valence-corrected chi connectivity index (χ3v) is 5.21. The fraction of sp³-hybridized carbons (Fsp3) is 0.500. The van der Waals surface area contributed by atoms with Gasteiger partial charge < -0.3 is 5.32 Å². The smallest absolute Gasteiger partial charge is 0.245 e. The van der Waals surface area contributed by atoms with E-state index < -0.39 is 10.0 Å². The molecule has 0 amide bonds. The monoisotopic (exact) mass is 332 g/mol. The van der Waals surface area contributed by atoms with Crippen LogP contribution in [0.15, 0.2) is 27.6 Å². The van der Waals surface area contributed by atoms with Gasteiger partial charge in [0.1, 0.15) is 4.90 Å². The van der Waals surface area contributed by atoms with E-state index in [0.717, 1.165) is 4.47 Å². The first-order valence-electron chi connectivity index (χ1n) is 5.95. The highest BCUT2D eigenvalue weighted by molar-refractivity contribution is 9.10. The van der Waals surface area contributed by atoms with E-state index in [-0.39, 0.29) is 0 Å². The van der Waals surface area contributed by atoms with Gasteiger partial charge in [0.25, 0.3) is 0 Å². The molecule has 1 aromatic carbocycles. The fourth-order valence-electron chi connectivity index (χ4n) is 2.03. The fourth-order valence-corrected chi connectivity index (χ4v) is 4.34. The van der Waals surface area contributed by atoms with Gasteiger partial charge in [0.05, 0.1) is 5.69 Å². The van der Waals surface area contributed by atoms with Crippen LogP contribution in [0.25, 0.3) is 0 Å². The maximum atomic E-state index is 12.6. The Morgan fingerprint density at radius 1 is 1.44 bits per heavy atom. The van der Waals surface area contributed by atoms with E-state index in [2.05, 4.69) is 21.2 Å². The van der Waals surface area contributed by atoms with Crippen molar-refractivity contribution in [3.8, 4) is 0 Å². The number of nitrogens with one attached hydrogen (secondary N) is 1. The molecular weight excluding hydrogens is 316 g/mol. The lowest BCUT2D eigenvalue weighted by Gasteiger charge is -2.21. The van der Waals surface area contributed by atoms with Crippen LogP contribution in [-0.4, -0.2) is 32.4 Å². The minimum Gasteiger partial charge on any atom is -0.383 e. The molecule has 0 saturated carbocycles. The van der Waals surface area contributed by atoms with Gasteiger partial charge >= 0.3 is 0 Å². The van der Waals surface area contributed by atoms with Crippen LogP contribution in [0.5, 0.6) is 0 Å². The van der Waals surface area contributed by atoms with E-state index in [1.54, 1.807) is 16.4 Å². The Bertz CT molecular complexity index is 543. The number of fused-ring (bicyclic) bond motifs is 1. The summed E-state index contributed by atoms with van der Waals surface area (Å²) in [5.41, 5.74) is 0.685. The highest BCUT2D eigenvalue weighted by Gasteiger charge is 2.29. The molecule has 100 valence electrons. The Hall–Kier alpha value is -0.590. The second kappa shape index (κ2) is 5.19. The zero-order valence-corrected chi connectivity index (χ0v) is 12.9. The third kappa shape index (κ3) is 2.70. The Balaban J connectivity index is 2.48. The summed E-state index contributed by atoms with van der Waals surface area (Å²) >= 11 is 3.33. The van der Waals surface area contributed by atoms with Gasteiger partial charge in [-0.3, -0.25) is 0 Å². The number of rotatable bonds is 2. The van der Waals surface area contributed by atoms with Crippen molar-refractivity contribution >= 4 is 31.6 Å². The van der Waals surface area contributed by atoms with E-state index in [4.69, 9.17) is 0 Å². The van der Waals surface area contributed by atoms with Crippen LogP contribution >= 0.6 is 15.9 Å². The van der Waals surface area contributed by atoms with Gasteiger partial charge in [-0.2, -0.15) is 4.31 Å². The zero-order valence-electron chi connectivity index (χ0n) is 10.5. The molecule has 0 spiro atoms. The SMILES string of the molecule is CC(C)CN1CCNc2ccc(Br)cc2S1(=O)=O. The number of sulfonamides is 1. The largest absolute Gasteiger partial charge is 0.383 e. The number of halogens is 1. The molecular formula is C12H17BrN2O2S. The summed E-state index contributed by atoms with van der Waals surface area (Å²) < 4.78 is 27.5. The lowest BCUT2D eigenvalue weighted by atomic mass is 10.2. The van der Waals surface area contributed by atoms with Crippen LogP contribution in [0.1, 0.15) is 13.8 Å². The second-order valence-electron chi connectivity index (χ2n) is 4.82. The van der Waals surface area contributed by atoms with Gasteiger partial charge in [-0.25, -0.2) is 8.42 Å². The van der Waals surface area contributed by atoms with Gasteiger partial charge in [-0.1, -0.05) is 29.8 Å². The minimum atomic E-state index is -3.40. The minimum absolute atomic E-state index is 0.313. The number of hydrogen-bond donors (Lipinski definition) is 1. The average Bonchev–Trinajstić information content (AvgIpc) is 2.38.